The monoisotopic (exact) mass is 648 g/mol. The lowest BCUT2D eigenvalue weighted by atomic mass is 9.79. The van der Waals surface area contributed by atoms with E-state index in [2.05, 4.69) is 166 Å². The Morgan fingerprint density at radius 3 is 1.55 bits per heavy atom. The number of nitrogens with zero attached hydrogens (tertiary/aromatic N) is 2. The first-order valence-corrected chi connectivity index (χ1v) is 17.7. The predicted octanol–water partition coefficient (Wildman–Crippen LogP) is 13.0. The average Bonchev–Trinajstić information content (AvgIpc) is 3.42. The second-order valence-electron chi connectivity index (χ2n) is 14.6. The van der Waals surface area contributed by atoms with Gasteiger partial charge in [-0.3, -0.25) is 0 Å². The number of hydrogen-bond acceptors (Lipinski definition) is 2. The zero-order chi connectivity index (χ0) is 33.8. The summed E-state index contributed by atoms with van der Waals surface area (Å²) in [7, 11) is 0. The lowest BCUT2D eigenvalue weighted by Gasteiger charge is -2.24. The Kier molecular flexibility index (Phi) is 5.76. The summed E-state index contributed by atoms with van der Waals surface area (Å²) in [6.45, 7) is 4.79. The van der Waals surface area contributed by atoms with E-state index in [0.717, 1.165) is 44.3 Å². The normalized spacial score (nSPS) is 13.5. The van der Waals surface area contributed by atoms with Gasteiger partial charge in [0.15, 0.2) is 0 Å². The van der Waals surface area contributed by atoms with Crippen LogP contribution < -0.4 is 0 Å². The van der Waals surface area contributed by atoms with Gasteiger partial charge in [-0.2, -0.15) is 0 Å². The molecule has 238 valence electrons. The highest BCUT2D eigenvalue weighted by Gasteiger charge is 2.37. The van der Waals surface area contributed by atoms with Gasteiger partial charge in [0.25, 0.3) is 0 Å². The lowest BCUT2D eigenvalue weighted by Crippen LogP contribution is -2.15. The maximum absolute atomic E-state index is 5.27. The van der Waals surface area contributed by atoms with Gasteiger partial charge in [-0.25, -0.2) is 9.97 Å². The number of fused-ring (bicyclic) bond motifs is 14. The van der Waals surface area contributed by atoms with Crippen molar-refractivity contribution in [1.29, 1.82) is 0 Å². The molecule has 0 saturated heterocycles. The number of pyridine rings is 2. The van der Waals surface area contributed by atoms with E-state index >= 15 is 0 Å². The summed E-state index contributed by atoms with van der Waals surface area (Å²) in [5, 5.41) is 12.6. The second kappa shape index (κ2) is 10.3. The third kappa shape index (κ3) is 4.05. The highest BCUT2D eigenvalue weighted by atomic mass is 14.8. The summed E-state index contributed by atoms with van der Waals surface area (Å²) >= 11 is 0. The van der Waals surface area contributed by atoms with Crippen molar-refractivity contribution in [2.45, 2.75) is 19.3 Å². The Balaban J connectivity index is 1.07. The molecule has 0 fully saturated rings. The first-order valence-electron chi connectivity index (χ1n) is 17.7. The van der Waals surface area contributed by atoms with Crippen LogP contribution in [0.3, 0.4) is 0 Å². The van der Waals surface area contributed by atoms with Gasteiger partial charge in [0.1, 0.15) is 0 Å². The van der Waals surface area contributed by atoms with Gasteiger partial charge in [-0.15, -0.1) is 0 Å². The molecule has 0 bridgehead atoms. The van der Waals surface area contributed by atoms with Crippen LogP contribution in [0.5, 0.6) is 0 Å². The Morgan fingerprint density at radius 1 is 0.373 bits per heavy atom. The topological polar surface area (TPSA) is 25.8 Å². The van der Waals surface area contributed by atoms with Crippen LogP contribution in [-0.4, -0.2) is 9.97 Å². The number of rotatable bonds is 2. The molecule has 11 rings (SSSR count). The summed E-state index contributed by atoms with van der Waals surface area (Å²) < 4.78 is 0. The quantitative estimate of drug-likeness (QED) is 0.174. The van der Waals surface area contributed by atoms with Crippen LogP contribution in [0.25, 0.3) is 98.5 Å². The van der Waals surface area contributed by atoms with Crippen LogP contribution >= 0.6 is 0 Å². The summed E-state index contributed by atoms with van der Waals surface area (Å²) in [6.07, 6.45) is 0. The molecule has 2 heterocycles. The summed E-state index contributed by atoms with van der Waals surface area (Å²) in [5.74, 6) is 0. The summed E-state index contributed by atoms with van der Waals surface area (Å²) in [6, 6.07) is 57.5. The fourth-order valence-electron chi connectivity index (χ4n) is 8.91. The van der Waals surface area contributed by atoms with Crippen molar-refractivity contribution in [3.63, 3.8) is 0 Å². The van der Waals surface area contributed by atoms with Crippen molar-refractivity contribution in [2.24, 2.45) is 0 Å². The van der Waals surface area contributed by atoms with E-state index in [0.29, 0.717) is 0 Å². The Bertz CT molecular complexity index is 3100. The molecule has 1 aliphatic carbocycles. The molecule has 0 radical (unpaired) electrons. The fourth-order valence-corrected chi connectivity index (χ4v) is 8.91. The largest absolute Gasteiger partial charge is 0.245 e. The molecule has 8 aromatic carbocycles. The van der Waals surface area contributed by atoms with Gasteiger partial charge >= 0.3 is 0 Å². The number of aromatic nitrogens is 2. The number of benzene rings is 8. The van der Waals surface area contributed by atoms with Crippen molar-refractivity contribution in [3.8, 4) is 33.6 Å². The van der Waals surface area contributed by atoms with Gasteiger partial charge in [-0.1, -0.05) is 141 Å². The van der Waals surface area contributed by atoms with E-state index < -0.39 is 0 Å². The van der Waals surface area contributed by atoms with Gasteiger partial charge in [-0.05, 0) is 95.7 Å². The van der Waals surface area contributed by atoms with Crippen LogP contribution in [0.2, 0.25) is 0 Å². The molecule has 1 aliphatic rings. The molecular formula is C49H32N2. The van der Waals surface area contributed by atoms with E-state index in [-0.39, 0.29) is 5.41 Å². The van der Waals surface area contributed by atoms with E-state index in [9.17, 15) is 0 Å². The molecule has 51 heavy (non-hydrogen) atoms. The maximum atomic E-state index is 5.27. The molecule has 0 saturated carbocycles. The molecule has 0 aliphatic heterocycles. The molecule has 0 spiro atoms. The maximum Gasteiger partial charge on any atom is 0.0972 e. The van der Waals surface area contributed by atoms with E-state index in [1.807, 2.05) is 6.07 Å². The van der Waals surface area contributed by atoms with E-state index in [1.54, 1.807) is 0 Å². The second-order valence-corrected chi connectivity index (χ2v) is 14.6. The van der Waals surface area contributed by atoms with Gasteiger partial charge in [0, 0.05) is 27.3 Å². The van der Waals surface area contributed by atoms with Crippen LogP contribution in [0.1, 0.15) is 25.0 Å². The highest BCUT2D eigenvalue weighted by molar-refractivity contribution is 6.26. The van der Waals surface area contributed by atoms with Crippen molar-refractivity contribution >= 4 is 64.9 Å². The molecule has 2 nitrogen and oxygen atoms in total. The molecule has 0 unspecified atom stereocenters. The molecule has 0 amide bonds. The molecule has 2 heteroatoms. The van der Waals surface area contributed by atoms with Crippen LogP contribution in [0.15, 0.2) is 158 Å². The molecule has 2 aromatic heterocycles. The van der Waals surface area contributed by atoms with Crippen molar-refractivity contribution < 1.29 is 0 Å². The predicted molar refractivity (Wildman–Crippen MR) is 216 cm³/mol. The molecule has 0 atom stereocenters. The molecular weight excluding hydrogens is 617 g/mol. The van der Waals surface area contributed by atoms with Crippen LogP contribution in [0.4, 0.5) is 0 Å². The molecule has 0 N–H and O–H groups in total. The Morgan fingerprint density at radius 2 is 0.902 bits per heavy atom. The SMILES string of the molecule is CC1(C)c2cc3c4ccccc4c4ccccc4c3cc2-c2ccc3cc(-c4ccc5ccc6ccc(-c7ccccc7)nc6c5n4)ccc3c21. The van der Waals surface area contributed by atoms with Crippen molar-refractivity contribution in [1.82, 2.24) is 9.97 Å². The molecule has 10 aromatic rings. The smallest absolute Gasteiger partial charge is 0.0972 e. The van der Waals surface area contributed by atoms with Gasteiger partial charge in [0.2, 0.25) is 0 Å². The van der Waals surface area contributed by atoms with Crippen molar-refractivity contribution in [2.75, 3.05) is 0 Å². The minimum absolute atomic E-state index is 0.158. The minimum atomic E-state index is -0.158. The highest BCUT2D eigenvalue weighted by Crippen LogP contribution is 2.53. The minimum Gasteiger partial charge on any atom is -0.245 e. The lowest BCUT2D eigenvalue weighted by molar-refractivity contribution is 0.667. The van der Waals surface area contributed by atoms with Crippen LogP contribution in [0, 0.1) is 0 Å². The number of hydrogen-bond donors (Lipinski definition) is 0. The zero-order valence-electron chi connectivity index (χ0n) is 28.4. The zero-order valence-corrected chi connectivity index (χ0v) is 28.4. The van der Waals surface area contributed by atoms with Gasteiger partial charge < -0.3 is 0 Å². The average molecular weight is 649 g/mol. The summed E-state index contributed by atoms with van der Waals surface area (Å²) in [4.78, 5) is 10.4. The Labute approximate surface area is 295 Å². The fraction of sp³-hybridized carbons (Fsp3) is 0.0612. The summed E-state index contributed by atoms with van der Waals surface area (Å²) in [5.41, 5.74) is 11.3. The van der Waals surface area contributed by atoms with Gasteiger partial charge in [0.05, 0.1) is 22.4 Å². The third-order valence-corrected chi connectivity index (χ3v) is 11.4. The standard InChI is InChI=1S/C49H32N2/c1-49(2)43-28-41-38-15-9-7-13-36(38)35-12-6-8-14-37(35)40(41)27-42(43)39-23-18-32-26-33(19-22-34(32)46(39)49)45-25-21-31-17-16-30-20-24-44(29-10-4-3-5-11-29)50-47(30)48(31)51-45/h3-28H,1-2H3. The van der Waals surface area contributed by atoms with E-state index in [1.165, 1.54) is 65.3 Å². The first kappa shape index (κ1) is 28.5. The first-order chi connectivity index (χ1) is 25.0. The van der Waals surface area contributed by atoms with Crippen molar-refractivity contribution in [3.05, 3.63) is 169 Å². The third-order valence-electron chi connectivity index (χ3n) is 11.4. The van der Waals surface area contributed by atoms with Crippen LogP contribution in [-0.2, 0) is 5.41 Å². The van der Waals surface area contributed by atoms with E-state index in [4.69, 9.17) is 9.97 Å². The Hall–Kier alpha value is -6.38.